The minimum atomic E-state index is -3.04. The number of carbonyl (C=O) groups excluding carboxylic acids is 1. The number of rotatable bonds is 3. The van der Waals surface area contributed by atoms with Crippen molar-refractivity contribution in [3.05, 3.63) is 34.3 Å². The number of hydrogen-bond donors (Lipinski definition) is 1. The summed E-state index contributed by atoms with van der Waals surface area (Å²) in [7, 11) is -3.04. The Morgan fingerprint density at radius 2 is 2.26 bits per heavy atom. The van der Waals surface area contributed by atoms with Crippen molar-refractivity contribution in [1.82, 2.24) is 5.43 Å². The van der Waals surface area contributed by atoms with Crippen LogP contribution in [0.15, 0.2) is 33.8 Å². The minimum absolute atomic E-state index is 0.0781. The van der Waals surface area contributed by atoms with Crippen LogP contribution in [0.25, 0.3) is 0 Å². The number of nitrogens with one attached hydrogen (secondary N) is 1. The predicted molar refractivity (Wildman–Crippen MR) is 76.6 cm³/mol. The summed E-state index contributed by atoms with van der Waals surface area (Å²) in [5.74, 6) is -0.817. The van der Waals surface area contributed by atoms with E-state index in [9.17, 15) is 13.2 Å². The predicted octanol–water partition coefficient (Wildman–Crippen LogP) is 1.33. The summed E-state index contributed by atoms with van der Waals surface area (Å²) in [6.07, 6.45) is 1.90. The molecule has 2 rings (SSSR count). The van der Waals surface area contributed by atoms with Crippen LogP contribution in [0, 0.1) is 5.92 Å². The van der Waals surface area contributed by atoms with E-state index in [2.05, 4.69) is 26.5 Å². The van der Waals surface area contributed by atoms with E-state index in [-0.39, 0.29) is 17.4 Å². The van der Waals surface area contributed by atoms with E-state index in [1.807, 2.05) is 24.3 Å². The largest absolute Gasteiger partial charge is 0.273 e. The fourth-order valence-corrected chi connectivity index (χ4v) is 4.01. The van der Waals surface area contributed by atoms with Gasteiger partial charge in [-0.15, -0.1) is 0 Å². The molecule has 1 atom stereocenters. The van der Waals surface area contributed by atoms with Crippen molar-refractivity contribution in [2.24, 2.45) is 11.0 Å². The Hall–Kier alpha value is -1.21. The van der Waals surface area contributed by atoms with E-state index in [4.69, 9.17) is 0 Å². The molecule has 1 aromatic carbocycles. The summed E-state index contributed by atoms with van der Waals surface area (Å²) in [4.78, 5) is 11.7. The van der Waals surface area contributed by atoms with Crippen LogP contribution in [0.1, 0.15) is 12.0 Å². The van der Waals surface area contributed by atoms with Gasteiger partial charge in [0.15, 0.2) is 9.84 Å². The van der Waals surface area contributed by atoms with E-state index in [1.165, 1.54) is 6.21 Å². The van der Waals surface area contributed by atoms with Crippen LogP contribution < -0.4 is 5.43 Å². The quantitative estimate of drug-likeness (QED) is 0.663. The van der Waals surface area contributed by atoms with Crippen LogP contribution in [0.4, 0.5) is 0 Å². The molecule has 1 aromatic rings. The zero-order valence-electron chi connectivity index (χ0n) is 10.0. The molecule has 1 N–H and O–H groups in total. The SMILES string of the molecule is O=C(N/N=C\c1cccc(Br)c1)[C@H]1CCS(=O)(=O)C1. The number of carbonyl (C=O) groups is 1. The summed E-state index contributed by atoms with van der Waals surface area (Å²) >= 11 is 3.33. The topological polar surface area (TPSA) is 75.6 Å². The maximum absolute atomic E-state index is 11.7. The van der Waals surface area contributed by atoms with Gasteiger partial charge < -0.3 is 0 Å². The molecule has 1 fully saturated rings. The Morgan fingerprint density at radius 3 is 2.89 bits per heavy atom. The number of halogens is 1. The maximum atomic E-state index is 11.7. The van der Waals surface area contributed by atoms with Gasteiger partial charge in [-0.2, -0.15) is 5.10 Å². The summed E-state index contributed by atoms with van der Waals surface area (Å²) in [6.45, 7) is 0. The third-order valence-electron chi connectivity index (χ3n) is 2.84. The molecule has 0 saturated carbocycles. The fraction of sp³-hybridized carbons (Fsp3) is 0.333. The third kappa shape index (κ3) is 4.14. The first-order valence-electron chi connectivity index (χ1n) is 5.75. The molecule has 1 heterocycles. The average molecular weight is 345 g/mol. The van der Waals surface area contributed by atoms with Crippen molar-refractivity contribution in [1.29, 1.82) is 0 Å². The van der Waals surface area contributed by atoms with Crippen molar-refractivity contribution < 1.29 is 13.2 Å². The van der Waals surface area contributed by atoms with Gasteiger partial charge in [0.2, 0.25) is 5.91 Å². The number of nitrogens with zero attached hydrogens (tertiary/aromatic N) is 1. The minimum Gasteiger partial charge on any atom is -0.273 e. The van der Waals surface area contributed by atoms with Crippen molar-refractivity contribution >= 4 is 37.9 Å². The second-order valence-electron chi connectivity index (χ2n) is 4.39. The van der Waals surface area contributed by atoms with Gasteiger partial charge in [-0.1, -0.05) is 28.1 Å². The van der Waals surface area contributed by atoms with Gasteiger partial charge in [0.25, 0.3) is 0 Å². The smallest absolute Gasteiger partial charge is 0.244 e. The molecule has 0 aliphatic carbocycles. The van der Waals surface area contributed by atoms with Crippen LogP contribution in [0.3, 0.4) is 0 Å². The lowest BCUT2D eigenvalue weighted by Crippen LogP contribution is -2.27. The summed E-state index contributed by atoms with van der Waals surface area (Å²) in [5.41, 5.74) is 3.22. The average Bonchev–Trinajstić information content (AvgIpc) is 2.70. The monoisotopic (exact) mass is 344 g/mol. The maximum Gasteiger partial charge on any atom is 0.244 e. The molecule has 7 heteroatoms. The highest BCUT2D eigenvalue weighted by Gasteiger charge is 2.32. The molecule has 1 amide bonds. The Kier molecular flexibility index (Phi) is 4.36. The normalized spacial score (nSPS) is 21.6. The lowest BCUT2D eigenvalue weighted by Gasteiger charge is -2.04. The Bertz CT molecular complexity index is 613. The molecule has 5 nitrogen and oxygen atoms in total. The highest BCUT2D eigenvalue weighted by molar-refractivity contribution is 9.10. The molecule has 0 spiro atoms. The first-order valence-corrected chi connectivity index (χ1v) is 8.37. The highest BCUT2D eigenvalue weighted by atomic mass is 79.9. The van der Waals surface area contributed by atoms with E-state index in [0.29, 0.717) is 6.42 Å². The zero-order valence-corrected chi connectivity index (χ0v) is 12.4. The number of amides is 1. The lowest BCUT2D eigenvalue weighted by molar-refractivity contribution is -0.124. The van der Waals surface area contributed by atoms with E-state index < -0.39 is 15.8 Å². The van der Waals surface area contributed by atoms with Crippen molar-refractivity contribution in [2.45, 2.75) is 6.42 Å². The summed E-state index contributed by atoms with van der Waals surface area (Å²) < 4.78 is 23.4. The van der Waals surface area contributed by atoms with E-state index in [0.717, 1.165) is 10.0 Å². The van der Waals surface area contributed by atoms with Gasteiger partial charge in [-0.25, -0.2) is 13.8 Å². The molecular formula is C12H13BrN2O3S. The molecule has 102 valence electrons. The molecular weight excluding hydrogens is 332 g/mol. The standard InChI is InChI=1S/C12H13BrN2O3S/c13-11-3-1-2-9(6-11)7-14-15-12(16)10-4-5-19(17,18)8-10/h1-3,6-7,10H,4-5,8H2,(H,15,16)/b14-7-/t10-/m0/s1. The van der Waals surface area contributed by atoms with Crippen molar-refractivity contribution in [2.75, 3.05) is 11.5 Å². The highest BCUT2D eigenvalue weighted by Crippen LogP contribution is 2.18. The second-order valence-corrected chi connectivity index (χ2v) is 7.53. The van der Waals surface area contributed by atoms with Crippen molar-refractivity contribution in [3.8, 4) is 0 Å². The lowest BCUT2D eigenvalue weighted by atomic mass is 10.1. The summed E-state index contributed by atoms with van der Waals surface area (Å²) in [5, 5.41) is 3.83. The Labute approximate surface area is 120 Å². The van der Waals surface area contributed by atoms with Crippen LogP contribution in [0.5, 0.6) is 0 Å². The molecule has 0 radical (unpaired) electrons. The van der Waals surface area contributed by atoms with Gasteiger partial charge in [0.1, 0.15) is 0 Å². The molecule has 0 unspecified atom stereocenters. The van der Waals surface area contributed by atoms with Gasteiger partial charge in [0, 0.05) is 4.47 Å². The summed E-state index contributed by atoms with van der Waals surface area (Å²) in [6, 6.07) is 7.45. The van der Waals surface area contributed by atoms with E-state index >= 15 is 0 Å². The van der Waals surface area contributed by atoms with Gasteiger partial charge in [-0.05, 0) is 24.1 Å². The molecule has 0 bridgehead atoms. The second kappa shape index (κ2) is 5.83. The molecule has 1 saturated heterocycles. The van der Waals surface area contributed by atoms with Crippen LogP contribution >= 0.6 is 15.9 Å². The number of hydrogen-bond acceptors (Lipinski definition) is 4. The van der Waals surface area contributed by atoms with Crippen LogP contribution in [0.2, 0.25) is 0 Å². The number of sulfone groups is 1. The first-order chi connectivity index (χ1) is 8.96. The van der Waals surface area contributed by atoms with Crippen LogP contribution in [-0.2, 0) is 14.6 Å². The van der Waals surface area contributed by atoms with E-state index in [1.54, 1.807) is 0 Å². The van der Waals surface area contributed by atoms with Gasteiger partial charge in [-0.3, -0.25) is 4.79 Å². The number of hydrazone groups is 1. The number of benzene rings is 1. The third-order valence-corrected chi connectivity index (χ3v) is 5.10. The Balaban J connectivity index is 1.91. The van der Waals surface area contributed by atoms with Gasteiger partial charge >= 0.3 is 0 Å². The zero-order chi connectivity index (χ0) is 13.9. The van der Waals surface area contributed by atoms with Crippen LogP contribution in [-0.4, -0.2) is 32.0 Å². The Morgan fingerprint density at radius 1 is 1.47 bits per heavy atom. The molecule has 1 aliphatic heterocycles. The molecule has 1 aliphatic rings. The first kappa shape index (κ1) is 14.2. The van der Waals surface area contributed by atoms with Gasteiger partial charge in [0.05, 0.1) is 23.6 Å². The fourth-order valence-electron chi connectivity index (χ4n) is 1.85. The molecule has 0 aromatic heterocycles. The van der Waals surface area contributed by atoms with Crippen molar-refractivity contribution in [3.63, 3.8) is 0 Å². The molecule has 19 heavy (non-hydrogen) atoms.